The molecule has 0 aromatic heterocycles. The second kappa shape index (κ2) is 7.44. The molecule has 1 aromatic rings. The van der Waals surface area contributed by atoms with E-state index in [9.17, 15) is 4.79 Å². The largest absolute Gasteiger partial charge is 0.342 e. The van der Waals surface area contributed by atoms with Crippen LogP contribution in [0.4, 0.5) is 0 Å². The molecule has 2 rings (SSSR count). The molecule has 3 heteroatoms. The number of benzene rings is 1. The fourth-order valence-corrected chi connectivity index (χ4v) is 2.83. The van der Waals surface area contributed by atoms with E-state index >= 15 is 0 Å². The summed E-state index contributed by atoms with van der Waals surface area (Å²) >= 11 is 0. The van der Waals surface area contributed by atoms with Crippen molar-refractivity contribution in [1.29, 1.82) is 0 Å². The SMILES string of the molecule is CC1CCCN(C(=O)CCN(C)Cc2ccccc2)C1. The van der Waals surface area contributed by atoms with Gasteiger partial charge in [0.05, 0.1) is 0 Å². The van der Waals surface area contributed by atoms with Crippen LogP contribution < -0.4 is 0 Å². The van der Waals surface area contributed by atoms with E-state index < -0.39 is 0 Å². The number of hydrogen-bond donors (Lipinski definition) is 0. The molecule has 0 bridgehead atoms. The molecule has 1 aliphatic heterocycles. The van der Waals surface area contributed by atoms with Gasteiger partial charge in [0.15, 0.2) is 0 Å². The van der Waals surface area contributed by atoms with Crippen LogP contribution in [0.5, 0.6) is 0 Å². The number of likely N-dealkylation sites (tertiary alicyclic amines) is 1. The third-order valence-electron chi connectivity index (χ3n) is 4.01. The molecule has 0 saturated carbocycles. The Hall–Kier alpha value is -1.35. The fourth-order valence-electron chi connectivity index (χ4n) is 2.83. The van der Waals surface area contributed by atoms with E-state index in [1.54, 1.807) is 0 Å². The lowest BCUT2D eigenvalue weighted by Gasteiger charge is -2.31. The number of hydrogen-bond acceptors (Lipinski definition) is 2. The number of carbonyl (C=O) groups is 1. The minimum atomic E-state index is 0.316. The highest BCUT2D eigenvalue weighted by molar-refractivity contribution is 5.76. The summed E-state index contributed by atoms with van der Waals surface area (Å²) in [5.74, 6) is 0.978. The van der Waals surface area contributed by atoms with E-state index in [0.717, 1.165) is 32.6 Å². The fraction of sp³-hybridized carbons (Fsp3) is 0.588. The molecule has 0 N–H and O–H groups in total. The number of amides is 1. The van der Waals surface area contributed by atoms with E-state index in [1.165, 1.54) is 12.0 Å². The van der Waals surface area contributed by atoms with Crippen LogP contribution in [-0.2, 0) is 11.3 Å². The van der Waals surface area contributed by atoms with Crippen molar-refractivity contribution in [3.05, 3.63) is 35.9 Å². The van der Waals surface area contributed by atoms with Crippen molar-refractivity contribution >= 4 is 5.91 Å². The Morgan fingerprint density at radius 1 is 1.35 bits per heavy atom. The van der Waals surface area contributed by atoms with Gasteiger partial charge in [-0.3, -0.25) is 4.79 Å². The maximum absolute atomic E-state index is 12.2. The predicted octanol–water partition coefficient (Wildman–Crippen LogP) is 2.77. The third kappa shape index (κ3) is 4.64. The zero-order valence-electron chi connectivity index (χ0n) is 12.7. The first kappa shape index (κ1) is 15.0. The van der Waals surface area contributed by atoms with Crippen LogP contribution in [0.15, 0.2) is 30.3 Å². The van der Waals surface area contributed by atoms with Crippen LogP contribution in [-0.4, -0.2) is 42.4 Å². The Morgan fingerprint density at radius 2 is 2.10 bits per heavy atom. The first-order valence-corrected chi connectivity index (χ1v) is 7.65. The molecular formula is C17H26N2O. The maximum atomic E-state index is 12.2. The van der Waals surface area contributed by atoms with Crippen molar-refractivity contribution in [2.45, 2.75) is 32.7 Å². The summed E-state index contributed by atoms with van der Waals surface area (Å²) in [6.45, 7) is 5.87. The first-order valence-electron chi connectivity index (χ1n) is 7.65. The molecule has 1 saturated heterocycles. The molecule has 1 amide bonds. The van der Waals surface area contributed by atoms with Crippen molar-refractivity contribution < 1.29 is 4.79 Å². The second-order valence-electron chi connectivity index (χ2n) is 6.06. The molecule has 20 heavy (non-hydrogen) atoms. The zero-order valence-corrected chi connectivity index (χ0v) is 12.7. The molecule has 3 nitrogen and oxygen atoms in total. The van der Waals surface area contributed by atoms with E-state index in [0.29, 0.717) is 18.2 Å². The van der Waals surface area contributed by atoms with Crippen LogP contribution in [0.3, 0.4) is 0 Å². The van der Waals surface area contributed by atoms with Gasteiger partial charge in [0.25, 0.3) is 0 Å². The number of rotatable bonds is 5. The Bertz CT molecular complexity index is 418. The highest BCUT2D eigenvalue weighted by atomic mass is 16.2. The molecule has 1 heterocycles. The summed E-state index contributed by atoms with van der Waals surface area (Å²) in [4.78, 5) is 16.5. The van der Waals surface area contributed by atoms with Crippen LogP contribution >= 0.6 is 0 Å². The molecule has 1 aromatic carbocycles. The number of piperidine rings is 1. The average molecular weight is 274 g/mol. The van der Waals surface area contributed by atoms with Crippen LogP contribution in [0.2, 0.25) is 0 Å². The van der Waals surface area contributed by atoms with Gasteiger partial charge >= 0.3 is 0 Å². The highest BCUT2D eigenvalue weighted by Crippen LogP contribution is 2.16. The molecule has 0 radical (unpaired) electrons. The summed E-state index contributed by atoms with van der Waals surface area (Å²) < 4.78 is 0. The van der Waals surface area contributed by atoms with Crippen molar-refractivity contribution in [3.8, 4) is 0 Å². The van der Waals surface area contributed by atoms with Gasteiger partial charge in [-0.25, -0.2) is 0 Å². The number of nitrogens with zero attached hydrogens (tertiary/aromatic N) is 2. The van der Waals surface area contributed by atoms with E-state index in [-0.39, 0.29) is 0 Å². The molecule has 1 fully saturated rings. The van der Waals surface area contributed by atoms with Gasteiger partial charge in [-0.05, 0) is 31.4 Å². The summed E-state index contributed by atoms with van der Waals surface area (Å²) in [6.07, 6.45) is 3.06. The average Bonchev–Trinajstić information content (AvgIpc) is 2.46. The van der Waals surface area contributed by atoms with Gasteiger partial charge in [0.1, 0.15) is 0 Å². The van der Waals surface area contributed by atoms with Crippen molar-refractivity contribution in [3.63, 3.8) is 0 Å². The van der Waals surface area contributed by atoms with Gasteiger partial charge in [0.2, 0.25) is 5.91 Å². The van der Waals surface area contributed by atoms with Crippen LogP contribution in [0, 0.1) is 5.92 Å². The normalized spacial score (nSPS) is 19.4. The van der Waals surface area contributed by atoms with Crippen LogP contribution in [0.25, 0.3) is 0 Å². The van der Waals surface area contributed by atoms with Crippen molar-refractivity contribution in [1.82, 2.24) is 9.80 Å². The minimum Gasteiger partial charge on any atom is -0.342 e. The molecule has 0 aliphatic carbocycles. The third-order valence-corrected chi connectivity index (χ3v) is 4.01. The van der Waals surface area contributed by atoms with Crippen LogP contribution in [0.1, 0.15) is 31.7 Å². The number of carbonyl (C=O) groups excluding carboxylic acids is 1. The van der Waals surface area contributed by atoms with E-state index in [1.807, 2.05) is 11.0 Å². The molecule has 1 aliphatic rings. The van der Waals surface area contributed by atoms with Gasteiger partial charge in [0, 0.05) is 32.6 Å². The molecule has 1 atom stereocenters. The molecular weight excluding hydrogens is 248 g/mol. The van der Waals surface area contributed by atoms with Crippen molar-refractivity contribution in [2.24, 2.45) is 5.92 Å². The minimum absolute atomic E-state index is 0.316. The standard InChI is InChI=1S/C17H26N2O/c1-15-7-6-11-19(13-15)17(20)10-12-18(2)14-16-8-4-3-5-9-16/h3-5,8-9,15H,6-7,10-14H2,1-2H3. The Labute approximate surface area is 122 Å². The van der Waals surface area contributed by atoms with Gasteiger partial charge in [-0.15, -0.1) is 0 Å². The maximum Gasteiger partial charge on any atom is 0.223 e. The van der Waals surface area contributed by atoms with E-state index in [4.69, 9.17) is 0 Å². The van der Waals surface area contributed by atoms with Gasteiger partial charge < -0.3 is 9.80 Å². The summed E-state index contributed by atoms with van der Waals surface area (Å²) in [5, 5.41) is 0. The van der Waals surface area contributed by atoms with Gasteiger partial charge in [-0.2, -0.15) is 0 Å². The lowest BCUT2D eigenvalue weighted by Crippen LogP contribution is -2.40. The monoisotopic (exact) mass is 274 g/mol. The molecule has 110 valence electrons. The highest BCUT2D eigenvalue weighted by Gasteiger charge is 2.20. The first-order chi connectivity index (χ1) is 9.65. The second-order valence-corrected chi connectivity index (χ2v) is 6.06. The smallest absolute Gasteiger partial charge is 0.223 e. The van der Waals surface area contributed by atoms with Crippen molar-refractivity contribution in [2.75, 3.05) is 26.7 Å². The Balaban J connectivity index is 1.72. The summed E-state index contributed by atoms with van der Waals surface area (Å²) in [7, 11) is 2.08. The predicted molar refractivity (Wildman–Crippen MR) is 82.4 cm³/mol. The zero-order chi connectivity index (χ0) is 14.4. The Kier molecular flexibility index (Phi) is 5.60. The molecule has 1 unspecified atom stereocenters. The van der Waals surface area contributed by atoms with Gasteiger partial charge in [-0.1, -0.05) is 37.3 Å². The lowest BCUT2D eigenvalue weighted by atomic mass is 10.00. The molecule has 0 spiro atoms. The summed E-state index contributed by atoms with van der Waals surface area (Å²) in [6, 6.07) is 10.4. The topological polar surface area (TPSA) is 23.6 Å². The Morgan fingerprint density at radius 3 is 2.80 bits per heavy atom. The quantitative estimate of drug-likeness (QED) is 0.824. The lowest BCUT2D eigenvalue weighted by molar-refractivity contribution is -0.133. The van der Waals surface area contributed by atoms with E-state index in [2.05, 4.69) is 43.1 Å². The summed E-state index contributed by atoms with van der Waals surface area (Å²) in [5.41, 5.74) is 1.30.